The minimum absolute atomic E-state index is 0.113. The third-order valence-electron chi connectivity index (χ3n) is 5.31. The molecule has 24 heavy (non-hydrogen) atoms. The normalized spacial score (nSPS) is 24.1. The number of methoxy groups -OCH3 is 1. The Morgan fingerprint density at radius 2 is 2.17 bits per heavy atom. The van der Waals surface area contributed by atoms with E-state index in [1.54, 1.807) is 7.11 Å². The summed E-state index contributed by atoms with van der Waals surface area (Å²) in [6, 6.07) is 8.69. The van der Waals surface area contributed by atoms with Crippen molar-refractivity contribution in [3.05, 3.63) is 24.3 Å². The van der Waals surface area contributed by atoms with Crippen molar-refractivity contribution in [1.82, 2.24) is 10.2 Å². The second-order valence-electron chi connectivity index (χ2n) is 7.03. The van der Waals surface area contributed by atoms with E-state index in [-0.39, 0.29) is 6.03 Å². The molecule has 0 unspecified atom stereocenters. The fourth-order valence-corrected chi connectivity index (χ4v) is 3.77. The van der Waals surface area contributed by atoms with E-state index in [4.69, 9.17) is 4.74 Å². The van der Waals surface area contributed by atoms with E-state index in [2.05, 4.69) is 29.3 Å². The number of amides is 2. The lowest BCUT2D eigenvalue weighted by Crippen LogP contribution is -2.48. The largest absolute Gasteiger partial charge is 0.497 e. The van der Waals surface area contributed by atoms with Crippen LogP contribution in [-0.4, -0.2) is 50.3 Å². The topological polar surface area (TPSA) is 44.8 Å². The molecule has 5 heteroatoms. The molecule has 0 aromatic heterocycles. The lowest BCUT2D eigenvalue weighted by Gasteiger charge is -2.33. The van der Waals surface area contributed by atoms with E-state index in [1.165, 1.54) is 12.1 Å². The molecule has 1 N–H and O–H groups in total. The van der Waals surface area contributed by atoms with Crippen LogP contribution in [0.4, 0.5) is 10.5 Å². The summed E-state index contributed by atoms with van der Waals surface area (Å²) in [6.45, 7) is 5.84. The van der Waals surface area contributed by atoms with Crippen LogP contribution in [0.1, 0.15) is 32.6 Å². The molecule has 2 aliphatic rings. The SMILES string of the molecule is COc1cccc(N2CC[C@H](CNC(=O)N3CCCC[C@@H]3C)C2)c1. The minimum Gasteiger partial charge on any atom is -0.497 e. The second-order valence-corrected chi connectivity index (χ2v) is 7.03. The Bertz CT molecular complexity index is 563. The number of nitrogens with zero attached hydrogens (tertiary/aromatic N) is 2. The zero-order valence-corrected chi connectivity index (χ0v) is 14.8. The maximum Gasteiger partial charge on any atom is 0.317 e. The number of benzene rings is 1. The molecule has 1 aromatic rings. The predicted octanol–water partition coefficient (Wildman–Crippen LogP) is 3.11. The number of anilines is 1. The van der Waals surface area contributed by atoms with Gasteiger partial charge in [-0.05, 0) is 50.7 Å². The van der Waals surface area contributed by atoms with Crippen molar-refractivity contribution in [2.24, 2.45) is 5.92 Å². The molecule has 1 aromatic carbocycles. The van der Waals surface area contributed by atoms with Gasteiger partial charge in [-0.1, -0.05) is 6.07 Å². The zero-order chi connectivity index (χ0) is 16.9. The lowest BCUT2D eigenvalue weighted by molar-refractivity contribution is 0.157. The Kier molecular flexibility index (Phi) is 5.48. The van der Waals surface area contributed by atoms with Gasteiger partial charge in [0.2, 0.25) is 0 Å². The molecule has 0 spiro atoms. The average Bonchev–Trinajstić information content (AvgIpc) is 3.09. The molecule has 2 aliphatic heterocycles. The Morgan fingerprint density at radius 3 is 2.96 bits per heavy atom. The van der Waals surface area contributed by atoms with Crippen molar-refractivity contribution in [2.75, 3.05) is 38.2 Å². The molecule has 2 amide bonds. The maximum atomic E-state index is 12.4. The number of rotatable bonds is 4. The first-order chi connectivity index (χ1) is 11.7. The predicted molar refractivity (Wildman–Crippen MR) is 96.7 cm³/mol. The summed E-state index contributed by atoms with van der Waals surface area (Å²) < 4.78 is 5.31. The fourth-order valence-electron chi connectivity index (χ4n) is 3.77. The summed E-state index contributed by atoms with van der Waals surface area (Å²) in [5.74, 6) is 1.41. The smallest absolute Gasteiger partial charge is 0.317 e. The summed E-state index contributed by atoms with van der Waals surface area (Å²) in [4.78, 5) is 16.8. The molecule has 5 nitrogen and oxygen atoms in total. The molecule has 2 heterocycles. The Labute approximate surface area is 145 Å². The number of likely N-dealkylation sites (tertiary alicyclic amines) is 1. The van der Waals surface area contributed by atoms with Crippen LogP contribution in [0.2, 0.25) is 0 Å². The van der Waals surface area contributed by atoms with Gasteiger partial charge in [0.05, 0.1) is 7.11 Å². The third kappa shape index (κ3) is 3.94. The van der Waals surface area contributed by atoms with E-state index >= 15 is 0 Å². The van der Waals surface area contributed by atoms with Gasteiger partial charge in [0, 0.05) is 44.0 Å². The van der Waals surface area contributed by atoms with E-state index < -0.39 is 0 Å². The number of nitrogens with one attached hydrogen (secondary N) is 1. The van der Waals surface area contributed by atoms with Crippen molar-refractivity contribution >= 4 is 11.7 Å². The number of piperidine rings is 1. The third-order valence-corrected chi connectivity index (χ3v) is 5.31. The van der Waals surface area contributed by atoms with Crippen LogP contribution in [0.3, 0.4) is 0 Å². The molecule has 0 saturated carbocycles. The number of hydrogen-bond acceptors (Lipinski definition) is 3. The van der Waals surface area contributed by atoms with E-state index in [9.17, 15) is 4.79 Å². The maximum absolute atomic E-state index is 12.4. The van der Waals surface area contributed by atoms with Gasteiger partial charge in [-0.25, -0.2) is 4.79 Å². The Hall–Kier alpha value is -1.91. The minimum atomic E-state index is 0.113. The van der Waals surface area contributed by atoms with Crippen LogP contribution in [0, 0.1) is 5.92 Å². The summed E-state index contributed by atoms with van der Waals surface area (Å²) in [7, 11) is 1.70. The number of urea groups is 1. The van der Waals surface area contributed by atoms with Crippen LogP contribution in [0.5, 0.6) is 5.75 Å². The molecule has 2 saturated heterocycles. The number of carbonyl (C=O) groups is 1. The monoisotopic (exact) mass is 331 g/mol. The first-order valence-electron chi connectivity index (χ1n) is 9.11. The lowest BCUT2D eigenvalue weighted by atomic mass is 10.0. The summed E-state index contributed by atoms with van der Waals surface area (Å²) in [5.41, 5.74) is 1.20. The summed E-state index contributed by atoms with van der Waals surface area (Å²) in [6.07, 6.45) is 4.61. The first-order valence-corrected chi connectivity index (χ1v) is 9.11. The van der Waals surface area contributed by atoms with Gasteiger partial charge in [-0.15, -0.1) is 0 Å². The van der Waals surface area contributed by atoms with Crippen molar-refractivity contribution in [3.8, 4) is 5.75 Å². The molecular weight excluding hydrogens is 302 g/mol. The van der Waals surface area contributed by atoms with Gasteiger partial charge in [0.15, 0.2) is 0 Å². The Morgan fingerprint density at radius 1 is 1.29 bits per heavy atom. The molecule has 2 fully saturated rings. The molecule has 132 valence electrons. The highest BCUT2D eigenvalue weighted by Gasteiger charge is 2.26. The fraction of sp³-hybridized carbons (Fsp3) is 0.632. The summed E-state index contributed by atoms with van der Waals surface area (Å²) in [5, 5.41) is 3.15. The van der Waals surface area contributed by atoms with Gasteiger partial charge in [-0.2, -0.15) is 0 Å². The van der Waals surface area contributed by atoms with Gasteiger partial charge in [0.25, 0.3) is 0 Å². The van der Waals surface area contributed by atoms with Gasteiger partial charge in [-0.3, -0.25) is 0 Å². The zero-order valence-electron chi connectivity index (χ0n) is 14.8. The number of carbonyl (C=O) groups excluding carboxylic acids is 1. The number of ether oxygens (including phenoxy) is 1. The van der Waals surface area contributed by atoms with Gasteiger partial charge < -0.3 is 19.9 Å². The molecule has 3 rings (SSSR count). The van der Waals surface area contributed by atoms with Crippen molar-refractivity contribution in [3.63, 3.8) is 0 Å². The van der Waals surface area contributed by atoms with Crippen LogP contribution in [0.25, 0.3) is 0 Å². The van der Waals surface area contributed by atoms with Gasteiger partial charge in [0.1, 0.15) is 5.75 Å². The van der Waals surface area contributed by atoms with E-state index in [0.717, 1.165) is 51.2 Å². The van der Waals surface area contributed by atoms with Crippen molar-refractivity contribution in [2.45, 2.75) is 38.6 Å². The number of hydrogen-bond donors (Lipinski definition) is 1. The van der Waals surface area contributed by atoms with Crippen LogP contribution in [0.15, 0.2) is 24.3 Å². The van der Waals surface area contributed by atoms with Crippen LogP contribution < -0.4 is 15.0 Å². The highest BCUT2D eigenvalue weighted by atomic mass is 16.5. The molecule has 0 aliphatic carbocycles. The first kappa shape index (κ1) is 16.9. The van der Waals surface area contributed by atoms with Crippen LogP contribution in [-0.2, 0) is 0 Å². The molecular formula is C19H29N3O2. The quantitative estimate of drug-likeness (QED) is 0.922. The molecule has 2 atom stereocenters. The van der Waals surface area contributed by atoms with E-state index in [0.29, 0.717) is 12.0 Å². The molecule has 0 radical (unpaired) electrons. The van der Waals surface area contributed by atoms with Crippen LogP contribution >= 0.6 is 0 Å². The van der Waals surface area contributed by atoms with Crippen molar-refractivity contribution < 1.29 is 9.53 Å². The van der Waals surface area contributed by atoms with Gasteiger partial charge >= 0.3 is 6.03 Å². The highest BCUT2D eigenvalue weighted by molar-refractivity contribution is 5.74. The van der Waals surface area contributed by atoms with Crippen molar-refractivity contribution in [1.29, 1.82) is 0 Å². The van der Waals surface area contributed by atoms with E-state index in [1.807, 2.05) is 17.0 Å². The summed E-state index contributed by atoms with van der Waals surface area (Å²) >= 11 is 0. The molecule has 0 bridgehead atoms. The Balaban J connectivity index is 1.48. The second kappa shape index (κ2) is 7.77. The standard InChI is InChI=1S/C19H29N3O2/c1-15-6-3-4-10-22(15)19(23)20-13-16-9-11-21(14-16)17-7-5-8-18(12-17)24-2/h5,7-8,12,15-16H,3-4,6,9-11,13-14H2,1-2H3,(H,20,23)/t15-,16+/m0/s1. The average molecular weight is 331 g/mol. The highest BCUT2D eigenvalue weighted by Crippen LogP contribution is 2.26.